The van der Waals surface area contributed by atoms with Gasteiger partial charge in [-0.2, -0.15) is 0 Å². The second-order valence-electron chi connectivity index (χ2n) is 6.16. The topological polar surface area (TPSA) is 76.1 Å². The lowest BCUT2D eigenvalue weighted by Crippen LogP contribution is -2.47. The summed E-state index contributed by atoms with van der Waals surface area (Å²) in [6.07, 6.45) is 2.55. The van der Waals surface area contributed by atoms with Crippen molar-refractivity contribution in [2.45, 2.75) is 51.4 Å². The predicted octanol–water partition coefficient (Wildman–Crippen LogP) is 2.03. The summed E-state index contributed by atoms with van der Waals surface area (Å²) in [4.78, 5) is 25.7. The van der Waals surface area contributed by atoms with Crippen LogP contribution >= 0.6 is 0 Å². The number of aliphatic hydroxyl groups is 1. The number of hydrogen-bond donors (Lipinski definition) is 1. The maximum absolute atomic E-state index is 12.3. The lowest BCUT2D eigenvalue weighted by molar-refractivity contribution is -0.146. The number of methoxy groups -OCH3 is 1. The summed E-state index contributed by atoms with van der Waals surface area (Å²) in [6, 6.07) is -0.755. The smallest absolute Gasteiger partial charge is 0.411 e. The van der Waals surface area contributed by atoms with Crippen LogP contribution in [0.4, 0.5) is 4.79 Å². The minimum absolute atomic E-state index is 0.269. The molecule has 1 aliphatic heterocycles. The van der Waals surface area contributed by atoms with Crippen LogP contribution < -0.4 is 0 Å². The van der Waals surface area contributed by atoms with Crippen molar-refractivity contribution in [1.82, 2.24) is 4.90 Å². The van der Waals surface area contributed by atoms with Crippen molar-refractivity contribution in [3.8, 4) is 0 Å². The zero-order valence-electron chi connectivity index (χ0n) is 13.7. The molecule has 0 saturated carbocycles. The number of nitrogens with zero attached hydrogens (tertiary/aromatic N) is 1. The molecule has 1 rings (SSSR count). The summed E-state index contributed by atoms with van der Waals surface area (Å²) < 4.78 is 10.1. The summed E-state index contributed by atoms with van der Waals surface area (Å²) in [5, 5.41) is 9.86. The molecule has 1 aliphatic rings. The molecule has 0 bridgehead atoms. The van der Waals surface area contributed by atoms with Crippen molar-refractivity contribution in [2.75, 3.05) is 13.7 Å². The highest BCUT2D eigenvalue weighted by molar-refractivity contribution is 5.82. The minimum atomic E-state index is -0.781. The average Bonchev–Trinajstić information content (AvgIpc) is 2.66. The first-order chi connectivity index (χ1) is 10.2. The van der Waals surface area contributed by atoms with Crippen molar-refractivity contribution >= 4 is 12.1 Å². The van der Waals surface area contributed by atoms with Gasteiger partial charge in [-0.1, -0.05) is 12.2 Å². The van der Waals surface area contributed by atoms with Gasteiger partial charge in [0, 0.05) is 6.54 Å². The van der Waals surface area contributed by atoms with Crippen LogP contribution in [0.5, 0.6) is 0 Å². The van der Waals surface area contributed by atoms with Crippen LogP contribution in [0.2, 0.25) is 0 Å². The van der Waals surface area contributed by atoms with E-state index in [1.807, 2.05) is 0 Å². The van der Waals surface area contributed by atoms with E-state index in [4.69, 9.17) is 9.47 Å². The van der Waals surface area contributed by atoms with Crippen molar-refractivity contribution in [1.29, 1.82) is 0 Å². The average molecular weight is 311 g/mol. The molecule has 0 aromatic rings. The fourth-order valence-corrected chi connectivity index (χ4v) is 2.22. The third kappa shape index (κ3) is 4.87. The van der Waals surface area contributed by atoms with Crippen LogP contribution in [0, 0.1) is 0 Å². The van der Waals surface area contributed by atoms with Gasteiger partial charge in [0.05, 0.1) is 13.2 Å². The van der Waals surface area contributed by atoms with Crippen LogP contribution in [0.1, 0.15) is 33.6 Å². The monoisotopic (exact) mass is 311 g/mol. The van der Waals surface area contributed by atoms with E-state index in [1.165, 1.54) is 18.1 Å². The summed E-state index contributed by atoms with van der Waals surface area (Å²) in [7, 11) is 1.28. The number of hydrogen-bond acceptors (Lipinski definition) is 5. The van der Waals surface area contributed by atoms with Crippen LogP contribution in [-0.4, -0.2) is 53.5 Å². The van der Waals surface area contributed by atoms with Gasteiger partial charge in [0.25, 0.3) is 0 Å². The molecule has 6 nitrogen and oxygen atoms in total. The maximum Gasteiger partial charge on any atom is 0.411 e. The fourth-order valence-electron chi connectivity index (χ4n) is 2.22. The Labute approximate surface area is 131 Å². The minimum Gasteiger partial charge on any atom is -0.467 e. The second-order valence-corrected chi connectivity index (χ2v) is 6.16. The molecule has 22 heavy (non-hydrogen) atoms. The number of rotatable bonds is 3. The molecule has 0 aliphatic carbocycles. The molecule has 1 heterocycles. The SMILES string of the molecule is C=CC(O)C1=CCC(C(=O)OC)N(C(=O)OC(C)(C)C)CC1. The number of amides is 1. The van der Waals surface area contributed by atoms with Crippen molar-refractivity contribution in [3.63, 3.8) is 0 Å². The van der Waals surface area contributed by atoms with Crippen LogP contribution in [-0.2, 0) is 14.3 Å². The Morgan fingerprint density at radius 1 is 1.50 bits per heavy atom. The van der Waals surface area contributed by atoms with Crippen LogP contribution in [0.15, 0.2) is 24.3 Å². The number of carbonyl (C=O) groups is 2. The number of carbonyl (C=O) groups excluding carboxylic acids is 2. The van der Waals surface area contributed by atoms with Gasteiger partial charge in [-0.25, -0.2) is 9.59 Å². The van der Waals surface area contributed by atoms with Crippen molar-refractivity contribution < 1.29 is 24.2 Å². The molecule has 0 aromatic carbocycles. The van der Waals surface area contributed by atoms with E-state index < -0.39 is 29.8 Å². The Bertz CT molecular complexity index is 464. The van der Waals surface area contributed by atoms with E-state index in [-0.39, 0.29) is 13.0 Å². The van der Waals surface area contributed by atoms with Gasteiger partial charge in [0.2, 0.25) is 0 Å². The summed E-state index contributed by atoms with van der Waals surface area (Å²) in [6.45, 7) is 9.12. The number of ether oxygens (including phenoxy) is 2. The molecule has 1 N–H and O–H groups in total. The maximum atomic E-state index is 12.3. The van der Waals surface area contributed by atoms with E-state index in [2.05, 4.69) is 6.58 Å². The Morgan fingerprint density at radius 3 is 2.64 bits per heavy atom. The normalized spacial score (nSPS) is 20.5. The highest BCUT2D eigenvalue weighted by Gasteiger charge is 2.34. The van der Waals surface area contributed by atoms with Gasteiger partial charge < -0.3 is 14.6 Å². The lowest BCUT2D eigenvalue weighted by atomic mass is 10.1. The van der Waals surface area contributed by atoms with E-state index in [0.717, 1.165) is 5.57 Å². The highest BCUT2D eigenvalue weighted by atomic mass is 16.6. The van der Waals surface area contributed by atoms with Gasteiger partial charge in [0.1, 0.15) is 11.6 Å². The lowest BCUT2D eigenvalue weighted by Gasteiger charge is -2.30. The summed E-state index contributed by atoms with van der Waals surface area (Å²) in [5.74, 6) is -0.503. The van der Waals surface area contributed by atoms with Gasteiger partial charge in [-0.15, -0.1) is 6.58 Å². The molecule has 1 amide bonds. The Balaban J connectivity index is 2.97. The molecule has 0 radical (unpaired) electrons. The second kappa shape index (κ2) is 7.45. The Morgan fingerprint density at radius 2 is 2.14 bits per heavy atom. The standard InChI is InChI=1S/C16H25NO5/c1-6-13(18)11-7-8-12(14(19)21-5)17(10-9-11)15(20)22-16(2,3)4/h6-7,12-13,18H,1,8-10H2,2-5H3. The first kappa shape index (κ1) is 18.2. The Kier molecular flexibility index (Phi) is 6.17. The molecule has 0 fully saturated rings. The van der Waals surface area contributed by atoms with E-state index in [1.54, 1.807) is 26.8 Å². The third-order valence-corrected chi connectivity index (χ3v) is 3.33. The zero-order chi connectivity index (χ0) is 16.9. The van der Waals surface area contributed by atoms with Gasteiger partial charge in [-0.3, -0.25) is 4.90 Å². The van der Waals surface area contributed by atoms with E-state index in [0.29, 0.717) is 6.42 Å². The molecule has 0 aromatic heterocycles. The van der Waals surface area contributed by atoms with Crippen LogP contribution in [0.3, 0.4) is 0 Å². The molecule has 0 spiro atoms. The highest BCUT2D eigenvalue weighted by Crippen LogP contribution is 2.22. The third-order valence-electron chi connectivity index (χ3n) is 3.33. The van der Waals surface area contributed by atoms with E-state index in [9.17, 15) is 14.7 Å². The quantitative estimate of drug-likeness (QED) is 0.637. The summed E-state index contributed by atoms with van der Waals surface area (Å²) in [5.41, 5.74) is 0.0796. The number of esters is 1. The van der Waals surface area contributed by atoms with Crippen molar-refractivity contribution in [2.24, 2.45) is 0 Å². The predicted molar refractivity (Wildman–Crippen MR) is 82.3 cm³/mol. The van der Waals surface area contributed by atoms with Crippen LogP contribution in [0.25, 0.3) is 0 Å². The zero-order valence-corrected chi connectivity index (χ0v) is 13.7. The first-order valence-corrected chi connectivity index (χ1v) is 7.26. The van der Waals surface area contributed by atoms with Gasteiger partial charge in [-0.05, 0) is 39.2 Å². The number of aliphatic hydroxyl groups excluding tert-OH is 1. The molecule has 2 unspecified atom stereocenters. The molecular formula is C16H25NO5. The Hall–Kier alpha value is -1.82. The largest absolute Gasteiger partial charge is 0.467 e. The van der Waals surface area contributed by atoms with Gasteiger partial charge in [0.15, 0.2) is 0 Å². The molecular weight excluding hydrogens is 286 g/mol. The first-order valence-electron chi connectivity index (χ1n) is 7.26. The van der Waals surface area contributed by atoms with Gasteiger partial charge >= 0.3 is 12.1 Å². The fraction of sp³-hybridized carbons (Fsp3) is 0.625. The van der Waals surface area contributed by atoms with E-state index >= 15 is 0 Å². The molecule has 124 valence electrons. The van der Waals surface area contributed by atoms with Crippen molar-refractivity contribution in [3.05, 3.63) is 24.3 Å². The molecule has 2 atom stereocenters. The molecule has 6 heteroatoms. The molecule has 0 saturated heterocycles. The summed E-state index contributed by atoms with van der Waals surface area (Å²) >= 11 is 0.